The molecule has 2 aromatic heterocycles. The van der Waals surface area contributed by atoms with Crippen LogP contribution in [0.4, 0.5) is 5.69 Å². The number of hydrogen-bond acceptors (Lipinski definition) is 8. The van der Waals surface area contributed by atoms with Crippen molar-refractivity contribution in [1.82, 2.24) is 4.57 Å². The summed E-state index contributed by atoms with van der Waals surface area (Å²) in [5.41, 5.74) is 1.87. The molecule has 0 fully saturated rings. The Hall–Kier alpha value is -4.83. The van der Waals surface area contributed by atoms with Gasteiger partial charge < -0.3 is 9.15 Å². The third kappa shape index (κ3) is 5.27. The van der Waals surface area contributed by atoms with Crippen LogP contribution in [0.15, 0.2) is 98.3 Å². The summed E-state index contributed by atoms with van der Waals surface area (Å²) in [4.78, 5) is 42.2. The van der Waals surface area contributed by atoms with Crippen molar-refractivity contribution in [3.63, 3.8) is 0 Å². The fraction of sp³-hybridized carbons (Fsp3) is 0.138. The van der Waals surface area contributed by atoms with E-state index in [0.717, 1.165) is 5.56 Å². The number of allylic oxidation sites excluding steroid dienone is 2. The molecule has 0 saturated carbocycles. The zero-order chi connectivity index (χ0) is 27.5. The number of nitro groups is 1. The van der Waals surface area contributed by atoms with Crippen LogP contribution in [0, 0.1) is 10.1 Å². The van der Waals surface area contributed by atoms with E-state index in [1.165, 1.54) is 28.0 Å². The van der Waals surface area contributed by atoms with Crippen molar-refractivity contribution >= 4 is 35.1 Å². The molecular weight excluding hydrogens is 518 g/mol. The van der Waals surface area contributed by atoms with Crippen molar-refractivity contribution < 1.29 is 18.9 Å². The minimum absolute atomic E-state index is 0.0462. The largest absolute Gasteiger partial charge is 0.463 e. The standard InChI is InChI=1S/C29H23N3O6S/c1-3-37-28(34)26-18(2)30-29-31(23(26)14-12-19-8-5-4-6-9-19)27(33)25(39-29)17-22-13-15-24(38-22)20-10-7-11-21(16-20)32(35)36/h4-17,23H,3H2,1-2H3. The summed E-state index contributed by atoms with van der Waals surface area (Å²) in [6.07, 6.45) is 5.26. The minimum Gasteiger partial charge on any atom is -0.463 e. The van der Waals surface area contributed by atoms with Gasteiger partial charge in [-0.1, -0.05) is 66.0 Å². The monoisotopic (exact) mass is 541 g/mol. The quantitative estimate of drug-likeness (QED) is 0.191. The highest BCUT2D eigenvalue weighted by Crippen LogP contribution is 2.27. The van der Waals surface area contributed by atoms with Gasteiger partial charge in [0.2, 0.25) is 0 Å². The average molecular weight is 542 g/mol. The van der Waals surface area contributed by atoms with E-state index in [9.17, 15) is 19.7 Å². The van der Waals surface area contributed by atoms with E-state index < -0.39 is 16.9 Å². The summed E-state index contributed by atoms with van der Waals surface area (Å²) in [5, 5.41) is 11.1. The van der Waals surface area contributed by atoms with Gasteiger partial charge in [-0.3, -0.25) is 19.5 Å². The maximum absolute atomic E-state index is 13.6. The van der Waals surface area contributed by atoms with Gasteiger partial charge in [0.05, 0.1) is 33.4 Å². The van der Waals surface area contributed by atoms with E-state index in [1.807, 2.05) is 36.4 Å². The zero-order valence-corrected chi connectivity index (χ0v) is 21.9. The second kappa shape index (κ2) is 10.9. The van der Waals surface area contributed by atoms with Gasteiger partial charge in [-0.15, -0.1) is 0 Å². The smallest absolute Gasteiger partial charge is 0.338 e. The summed E-state index contributed by atoms with van der Waals surface area (Å²) in [6, 6.07) is 18.4. The number of esters is 1. The Morgan fingerprint density at radius 2 is 1.97 bits per heavy atom. The summed E-state index contributed by atoms with van der Waals surface area (Å²) >= 11 is 1.18. The fourth-order valence-electron chi connectivity index (χ4n) is 4.27. The van der Waals surface area contributed by atoms with Crippen molar-refractivity contribution in [2.75, 3.05) is 6.61 Å². The summed E-state index contributed by atoms with van der Waals surface area (Å²) in [7, 11) is 0. The number of aromatic nitrogens is 1. The molecule has 0 radical (unpaired) electrons. The molecule has 0 N–H and O–H groups in total. The first-order valence-electron chi connectivity index (χ1n) is 12.1. The minimum atomic E-state index is -0.709. The molecule has 3 heterocycles. The van der Waals surface area contributed by atoms with Crippen molar-refractivity contribution in [3.05, 3.63) is 125 Å². The molecule has 0 bridgehead atoms. The molecule has 10 heteroatoms. The van der Waals surface area contributed by atoms with Crippen LogP contribution in [0.5, 0.6) is 0 Å². The molecule has 196 valence electrons. The van der Waals surface area contributed by atoms with Crippen LogP contribution in [0.1, 0.15) is 31.2 Å². The van der Waals surface area contributed by atoms with Crippen LogP contribution in [0.2, 0.25) is 0 Å². The van der Waals surface area contributed by atoms with Gasteiger partial charge in [0.25, 0.3) is 11.2 Å². The highest BCUT2D eigenvalue weighted by atomic mass is 32.1. The van der Waals surface area contributed by atoms with E-state index >= 15 is 0 Å². The maximum Gasteiger partial charge on any atom is 0.338 e. The van der Waals surface area contributed by atoms with Gasteiger partial charge in [0.15, 0.2) is 4.80 Å². The van der Waals surface area contributed by atoms with Gasteiger partial charge >= 0.3 is 5.97 Å². The lowest BCUT2D eigenvalue weighted by molar-refractivity contribution is -0.384. The number of furan rings is 1. The van der Waals surface area contributed by atoms with Crippen molar-refractivity contribution in [1.29, 1.82) is 0 Å². The molecule has 2 aromatic carbocycles. The molecule has 1 aliphatic heterocycles. The van der Waals surface area contributed by atoms with Crippen LogP contribution in [0.25, 0.3) is 23.5 Å². The van der Waals surface area contributed by atoms with Gasteiger partial charge in [-0.2, -0.15) is 0 Å². The number of nitro benzene ring substituents is 1. The fourth-order valence-corrected chi connectivity index (χ4v) is 5.31. The number of thiazole rings is 1. The Labute approximate surface area is 226 Å². The zero-order valence-electron chi connectivity index (χ0n) is 21.1. The Bertz CT molecular complexity index is 1810. The highest BCUT2D eigenvalue weighted by Gasteiger charge is 2.30. The summed E-state index contributed by atoms with van der Waals surface area (Å²) in [5.74, 6) is 0.310. The van der Waals surface area contributed by atoms with Crippen molar-refractivity contribution in [2.45, 2.75) is 19.9 Å². The summed E-state index contributed by atoms with van der Waals surface area (Å²) in [6.45, 7) is 3.65. The highest BCUT2D eigenvalue weighted by molar-refractivity contribution is 7.07. The van der Waals surface area contributed by atoms with Crippen LogP contribution in [-0.4, -0.2) is 22.1 Å². The first-order valence-corrected chi connectivity index (χ1v) is 12.9. The number of ether oxygens (including phenoxy) is 1. The normalized spacial score (nSPS) is 15.3. The van der Waals surface area contributed by atoms with Crippen molar-refractivity contribution in [2.24, 2.45) is 4.99 Å². The number of benzene rings is 2. The molecule has 0 aliphatic carbocycles. The van der Waals surface area contributed by atoms with Gasteiger partial charge in [-0.25, -0.2) is 9.79 Å². The van der Waals surface area contributed by atoms with Crippen molar-refractivity contribution in [3.8, 4) is 11.3 Å². The molecule has 0 amide bonds. The SMILES string of the molecule is CCOC(=O)C1=C(C)N=c2sc(=Cc3ccc(-c4cccc([N+](=O)[O-])c4)o3)c(=O)n2C1C=Cc1ccccc1. The lowest BCUT2D eigenvalue weighted by atomic mass is 10.0. The van der Waals surface area contributed by atoms with E-state index in [2.05, 4.69) is 4.99 Å². The lowest BCUT2D eigenvalue weighted by Crippen LogP contribution is -2.38. The Kier molecular flexibility index (Phi) is 7.20. The van der Waals surface area contributed by atoms with Gasteiger partial charge in [0.1, 0.15) is 11.5 Å². The second-order valence-corrected chi connectivity index (χ2v) is 9.63. The maximum atomic E-state index is 13.6. The first-order chi connectivity index (χ1) is 18.9. The molecule has 1 unspecified atom stereocenters. The molecule has 9 nitrogen and oxygen atoms in total. The lowest BCUT2D eigenvalue weighted by Gasteiger charge is -2.21. The molecule has 0 spiro atoms. The Morgan fingerprint density at radius 1 is 1.18 bits per heavy atom. The third-order valence-corrected chi connectivity index (χ3v) is 7.05. The third-order valence-electron chi connectivity index (χ3n) is 6.07. The van der Waals surface area contributed by atoms with E-state index in [-0.39, 0.29) is 17.9 Å². The molecule has 1 atom stereocenters. The molecule has 5 rings (SSSR count). The molecular formula is C29H23N3O6S. The molecule has 1 aliphatic rings. The molecule has 39 heavy (non-hydrogen) atoms. The van der Waals surface area contributed by atoms with Crippen LogP contribution >= 0.6 is 11.3 Å². The first kappa shape index (κ1) is 25.8. The average Bonchev–Trinajstić information content (AvgIpc) is 3.52. The summed E-state index contributed by atoms with van der Waals surface area (Å²) < 4.78 is 13.0. The van der Waals surface area contributed by atoms with Gasteiger partial charge in [-0.05, 0) is 31.5 Å². The number of non-ortho nitro benzene ring substituents is 1. The van der Waals surface area contributed by atoms with E-state index in [4.69, 9.17) is 9.15 Å². The van der Waals surface area contributed by atoms with Gasteiger partial charge in [0, 0.05) is 23.8 Å². The number of carbonyl (C=O) groups is 1. The topological polar surface area (TPSA) is 117 Å². The number of nitrogens with zero attached hydrogens (tertiary/aromatic N) is 3. The van der Waals surface area contributed by atoms with E-state index in [1.54, 1.807) is 50.3 Å². The molecule has 4 aromatic rings. The number of rotatable bonds is 7. The van der Waals surface area contributed by atoms with Crippen LogP contribution in [0.3, 0.4) is 0 Å². The molecule has 0 saturated heterocycles. The Balaban J connectivity index is 1.57. The predicted molar refractivity (Wildman–Crippen MR) is 148 cm³/mol. The number of hydrogen-bond donors (Lipinski definition) is 0. The van der Waals surface area contributed by atoms with E-state index in [0.29, 0.717) is 37.7 Å². The van der Waals surface area contributed by atoms with Crippen LogP contribution in [-0.2, 0) is 9.53 Å². The predicted octanol–water partition coefficient (Wildman–Crippen LogP) is 4.63. The number of carbonyl (C=O) groups excluding carboxylic acids is 1. The second-order valence-electron chi connectivity index (χ2n) is 8.62. The number of fused-ring (bicyclic) bond motifs is 1. The van der Waals surface area contributed by atoms with Crippen LogP contribution < -0.4 is 14.9 Å². The Morgan fingerprint density at radius 3 is 2.72 bits per heavy atom.